The standard InChI is InChI=1S/C18H21N5O3/c1-11-3-5-13(6-4-11)17-20-18(26-23-17)12(2)19-15(24)9-7-14-8-10-16(25)22-21-14/h3-6,12H,7-10H2,1-2H3,(H,19,24)(H,22,25). The molecule has 2 N–H and O–H groups in total. The Morgan fingerprint density at radius 3 is 2.77 bits per heavy atom. The van der Waals surface area contributed by atoms with E-state index in [2.05, 4.69) is 26.0 Å². The highest BCUT2D eigenvalue weighted by Gasteiger charge is 2.18. The maximum atomic E-state index is 12.1. The summed E-state index contributed by atoms with van der Waals surface area (Å²) in [6, 6.07) is 7.43. The molecule has 0 bridgehead atoms. The molecule has 0 radical (unpaired) electrons. The van der Waals surface area contributed by atoms with Gasteiger partial charge in [0.1, 0.15) is 6.04 Å². The molecule has 1 unspecified atom stereocenters. The van der Waals surface area contributed by atoms with Gasteiger partial charge in [0, 0.05) is 24.1 Å². The number of rotatable bonds is 6. The summed E-state index contributed by atoms with van der Waals surface area (Å²) in [5.41, 5.74) is 5.27. The molecule has 26 heavy (non-hydrogen) atoms. The topological polar surface area (TPSA) is 109 Å². The Hall–Kier alpha value is -3.03. The molecule has 8 heteroatoms. The molecule has 1 atom stereocenters. The molecule has 1 aromatic heterocycles. The zero-order valence-corrected chi connectivity index (χ0v) is 14.8. The summed E-state index contributed by atoms with van der Waals surface area (Å²) in [6.07, 6.45) is 1.81. The number of benzene rings is 1. The van der Waals surface area contributed by atoms with E-state index in [0.717, 1.165) is 16.8 Å². The first-order valence-corrected chi connectivity index (χ1v) is 8.55. The summed E-state index contributed by atoms with van der Waals surface area (Å²) in [7, 11) is 0. The highest BCUT2D eigenvalue weighted by atomic mass is 16.5. The van der Waals surface area contributed by atoms with Gasteiger partial charge in [-0.05, 0) is 26.7 Å². The maximum absolute atomic E-state index is 12.1. The van der Waals surface area contributed by atoms with E-state index in [0.29, 0.717) is 31.0 Å². The summed E-state index contributed by atoms with van der Waals surface area (Å²) >= 11 is 0. The first-order valence-electron chi connectivity index (χ1n) is 8.55. The van der Waals surface area contributed by atoms with Gasteiger partial charge < -0.3 is 9.84 Å². The van der Waals surface area contributed by atoms with Crippen molar-refractivity contribution in [2.75, 3.05) is 0 Å². The van der Waals surface area contributed by atoms with E-state index >= 15 is 0 Å². The van der Waals surface area contributed by atoms with Crippen molar-refractivity contribution in [2.24, 2.45) is 5.10 Å². The Bertz CT molecular complexity index is 826. The first kappa shape index (κ1) is 17.8. The van der Waals surface area contributed by atoms with Gasteiger partial charge in [-0.25, -0.2) is 5.43 Å². The minimum absolute atomic E-state index is 0.0902. The van der Waals surface area contributed by atoms with Crippen LogP contribution in [0.1, 0.15) is 50.1 Å². The van der Waals surface area contributed by atoms with Crippen molar-refractivity contribution >= 4 is 17.5 Å². The zero-order chi connectivity index (χ0) is 18.5. The van der Waals surface area contributed by atoms with Crippen molar-refractivity contribution < 1.29 is 14.1 Å². The van der Waals surface area contributed by atoms with Gasteiger partial charge in [-0.1, -0.05) is 35.0 Å². The predicted molar refractivity (Wildman–Crippen MR) is 95.1 cm³/mol. The van der Waals surface area contributed by atoms with Gasteiger partial charge in [0.05, 0.1) is 0 Å². The molecule has 0 spiro atoms. The van der Waals surface area contributed by atoms with E-state index in [9.17, 15) is 9.59 Å². The average molecular weight is 355 g/mol. The number of aryl methyl sites for hydroxylation is 1. The minimum Gasteiger partial charge on any atom is -0.345 e. The van der Waals surface area contributed by atoms with E-state index in [4.69, 9.17) is 4.52 Å². The van der Waals surface area contributed by atoms with Crippen LogP contribution in [0.25, 0.3) is 11.4 Å². The van der Waals surface area contributed by atoms with Gasteiger partial charge >= 0.3 is 0 Å². The van der Waals surface area contributed by atoms with Crippen molar-refractivity contribution in [1.82, 2.24) is 20.9 Å². The van der Waals surface area contributed by atoms with Gasteiger partial charge in [-0.15, -0.1) is 0 Å². The number of nitrogens with one attached hydrogen (secondary N) is 2. The molecule has 3 rings (SSSR count). The smallest absolute Gasteiger partial charge is 0.249 e. The second-order valence-electron chi connectivity index (χ2n) is 6.32. The van der Waals surface area contributed by atoms with Gasteiger partial charge in [0.2, 0.25) is 23.5 Å². The van der Waals surface area contributed by atoms with E-state index in [1.165, 1.54) is 0 Å². The third kappa shape index (κ3) is 4.53. The molecule has 136 valence electrons. The molecular formula is C18H21N5O3. The second-order valence-corrected chi connectivity index (χ2v) is 6.32. The van der Waals surface area contributed by atoms with Crippen LogP contribution in [0.5, 0.6) is 0 Å². The van der Waals surface area contributed by atoms with Gasteiger partial charge in [-0.2, -0.15) is 10.1 Å². The third-order valence-electron chi connectivity index (χ3n) is 4.12. The first-order chi connectivity index (χ1) is 12.5. The van der Waals surface area contributed by atoms with Crippen LogP contribution in [0.4, 0.5) is 0 Å². The van der Waals surface area contributed by atoms with Gasteiger partial charge in [0.25, 0.3) is 0 Å². The number of carbonyl (C=O) groups is 2. The molecule has 2 heterocycles. The Balaban J connectivity index is 1.53. The average Bonchev–Trinajstić information content (AvgIpc) is 3.12. The molecule has 2 amide bonds. The van der Waals surface area contributed by atoms with E-state index < -0.39 is 0 Å². The lowest BCUT2D eigenvalue weighted by Crippen LogP contribution is -2.29. The summed E-state index contributed by atoms with van der Waals surface area (Å²) in [5, 5.41) is 10.8. The number of hydrazone groups is 1. The van der Waals surface area contributed by atoms with E-state index in [1.807, 2.05) is 31.2 Å². The zero-order valence-electron chi connectivity index (χ0n) is 14.8. The molecule has 0 saturated carbocycles. The maximum Gasteiger partial charge on any atom is 0.249 e. The van der Waals surface area contributed by atoms with Crippen LogP contribution in [-0.4, -0.2) is 27.7 Å². The quantitative estimate of drug-likeness (QED) is 0.826. The molecule has 8 nitrogen and oxygen atoms in total. The molecule has 0 aliphatic carbocycles. The molecule has 1 aliphatic rings. The summed E-state index contributed by atoms with van der Waals surface area (Å²) < 4.78 is 5.27. The van der Waals surface area contributed by atoms with Crippen molar-refractivity contribution in [2.45, 2.75) is 45.6 Å². The van der Waals surface area contributed by atoms with Crippen LogP contribution in [0, 0.1) is 6.92 Å². The Kier molecular flexibility index (Phi) is 5.40. The number of hydrogen-bond donors (Lipinski definition) is 2. The van der Waals surface area contributed by atoms with Crippen LogP contribution >= 0.6 is 0 Å². The fraction of sp³-hybridized carbons (Fsp3) is 0.389. The van der Waals surface area contributed by atoms with E-state index in [1.54, 1.807) is 6.92 Å². The van der Waals surface area contributed by atoms with Crippen LogP contribution in [0.15, 0.2) is 33.9 Å². The monoisotopic (exact) mass is 355 g/mol. The molecule has 0 saturated heterocycles. The SMILES string of the molecule is Cc1ccc(-c2noc(C(C)NC(=O)CCC3=NNC(=O)CC3)n2)cc1. The summed E-state index contributed by atoms with van der Waals surface area (Å²) in [5.74, 6) is 0.629. The van der Waals surface area contributed by atoms with Crippen LogP contribution in [0.2, 0.25) is 0 Å². The second kappa shape index (κ2) is 7.90. The van der Waals surface area contributed by atoms with Gasteiger partial charge in [-0.3, -0.25) is 9.59 Å². The van der Waals surface area contributed by atoms with Crippen LogP contribution in [-0.2, 0) is 9.59 Å². The van der Waals surface area contributed by atoms with Crippen LogP contribution in [0.3, 0.4) is 0 Å². The largest absolute Gasteiger partial charge is 0.345 e. The Morgan fingerprint density at radius 1 is 1.31 bits per heavy atom. The minimum atomic E-state index is -0.387. The predicted octanol–water partition coefficient (Wildman–Crippen LogP) is 2.27. The number of hydrogen-bond acceptors (Lipinski definition) is 6. The highest BCUT2D eigenvalue weighted by Crippen LogP contribution is 2.19. The highest BCUT2D eigenvalue weighted by molar-refractivity contribution is 5.94. The fourth-order valence-corrected chi connectivity index (χ4v) is 2.56. The van der Waals surface area contributed by atoms with Crippen molar-refractivity contribution in [3.63, 3.8) is 0 Å². The number of amides is 2. The molecule has 1 aromatic carbocycles. The van der Waals surface area contributed by atoms with E-state index in [-0.39, 0.29) is 24.3 Å². The van der Waals surface area contributed by atoms with Crippen molar-refractivity contribution in [3.05, 3.63) is 35.7 Å². The van der Waals surface area contributed by atoms with Crippen molar-refractivity contribution in [1.29, 1.82) is 0 Å². The lowest BCUT2D eigenvalue weighted by molar-refractivity contribution is -0.122. The summed E-state index contributed by atoms with van der Waals surface area (Å²) in [6.45, 7) is 3.80. The molecule has 0 fully saturated rings. The molecule has 2 aromatic rings. The number of nitrogens with zero attached hydrogens (tertiary/aromatic N) is 3. The lowest BCUT2D eigenvalue weighted by Gasteiger charge is -2.13. The number of aromatic nitrogens is 2. The molecular weight excluding hydrogens is 334 g/mol. The van der Waals surface area contributed by atoms with Gasteiger partial charge in [0.15, 0.2) is 0 Å². The lowest BCUT2D eigenvalue weighted by atomic mass is 10.1. The fourth-order valence-electron chi connectivity index (χ4n) is 2.56. The molecule has 1 aliphatic heterocycles. The number of carbonyl (C=O) groups excluding carboxylic acids is 2. The third-order valence-corrected chi connectivity index (χ3v) is 4.12. The Morgan fingerprint density at radius 2 is 2.08 bits per heavy atom. The van der Waals surface area contributed by atoms with Crippen LogP contribution < -0.4 is 10.7 Å². The Labute approximate surface area is 151 Å². The van der Waals surface area contributed by atoms with Crippen molar-refractivity contribution in [3.8, 4) is 11.4 Å². The summed E-state index contributed by atoms with van der Waals surface area (Å²) in [4.78, 5) is 27.5. The normalized spacial score (nSPS) is 15.2.